The molecule has 0 fully saturated rings. The number of anilines is 3. The van der Waals surface area contributed by atoms with Crippen molar-refractivity contribution in [3.63, 3.8) is 0 Å². The zero-order valence-electron chi connectivity index (χ0n) is 10.5. The molecule has 0 aliphatic heterocycles. The molecule has 0 bridgehead atoms. The van der Waals surface area contributed by atoms with Gasteiger partial charge in [0.15, 0.2) is 0 Å². The number of aromatic nitrogens is 2. The van der Waals surface area contributed by atoms with Crippen LogP contribution >= 0.6 is 31.9 Å². The summed E-state index contributed by atoms with van der Waals surface area (Å²) in [7, 11) is 0. The van der Waals surface area contributed by atoms with Gasteiger partial charge >= 0.3 is 0 Å². The fourth-order valence-electron chi connectivity index (χ4n) is 1.49. The third kappa shape index (κ3) is 3.91. The zero-order chi connectivity index (χ0) is 13.7. The van der Waals surface area contributed by atoms with Crippen molar-refractivity contribution < 1.29 is 0 Å². The highest BCUT2D eigenvalue weighted by Crippen LogP contribution is 2.29. The maximum atomic E-state index is 4.24. The number of halogens is 2. The van der Waals surface area contributed by atoms with Gasteiger partial charge in [0.05, 0.1) is 0 Å². The molecule has 2 rings (SSSR count). The highest BCUT2D eigenvalue weighted by atomic mass is 79.9. The van der Waals surface area contributed by atoms with E-state index in [0.717, 1.165) is 39.2 Å². The molecule has 0 amide bonds. The Hall–Kier alpha value is -1.14. The molecule has 1 aromatic heterocycles. The Labute approximate surface area is 129 Å². The minimum absolute atomic E-state index is 0.746. The van der Waals surface area contributed by atoms with Gasteiger partial charge in [-0.15, -0.1) is 0 Å². The van der Waals surface area contributed by atoms with Crippen LogP contribution in [0.2, 0.25) is 0 Å². The Kier molecular flexibility index (Phi) is 5.15. The summed E-state index contributed by atoms with van der Waals surface area (Å²) >= 11 is 6.94. The van der Waals surface area contributed by atoms with E-state index in [1.165, 1.54) is 0 Å². The number of rotatable bonds is 5. The largest absolute Gasteiger partial charge is 0.369 e. The van der Waals surface area contributed by atoms with E-state index in [-0.39, 0.29) is 0 Å². The van der Waals surface area contributed by atoms with Crippen molar-refractivity contribution in [2.45, 2.75) is 13.3 Å². The standard InChI is InChI=1S/C13H14Br2N4/c1-2-7-16-12-11(15)13(18-8-17-12)19-10-5-3-9(14)4-6-10/h3-6,8H,2,7H2,1H3,(H2,16,17,18,19). The molecule has 100 valence electrons. The summed E-state index contributed by atoms with van der Waals surface area (Å²) in [6, 6.07) is 7.93. The lowest BCUT2D eigenvalue weighted by atomic mass is 10.3. The van der Waals surface area contributed by atoms with Crippen LogP contribution in [0.5, 0.6) is 0 Å². The second kappa shape index (κ2) is 6.86. The Bertz CT molecular complexity index is 543. The molecule has 2 N–H and O–H groups in total. The van der Waals surface area contributed by atoms with Crippen molar-refractivity contribution in [3.05, 3.63) is 39.5 Å². The average Bonchev–Trinajstić information content (AvgIpc) is 2.42. The number of hydrogen-bond acceptors (Lipinski definition) is 4. The van der Waals surface area contributed by atoms with Crippen LogP contribution in [0.4, 0.5) is 17.3 Å². The Morgan fingerprint density at radius 2 is 1.74 bits per heavy atom. The fourth-order valence-corrected chi connectivity index (χ4v) is 2.20. The van der Waals surface area contributed by atoms with Crippen molar-refractivity contribution in [1.82, 2.24) is 9.97 Å². The van der Waals surface area contributed by atoms with Crippen molar-refractivity contribution >= 4 is 49.2 Å². The second-order valence-corrected chi connectivity index (χ2v) is 5.65. The first kappa shape index (κ1) is 14.3. The van der Waals surface area contributed by atoms with E-state index in [1.54, 1.807) is 6.33 Å². The predicted octanol–water partition coefficient (Wildman–Crippen LogP) is 4.57. The zero-order valence-corrected chi connectivity index (χ0v) is 13.6. The van der Waals surface area contributed by atoms with Crippen LogP contribution in [0.25, 0.3) is 0 Å². The summed E-state index contributed by atoms with van der Waals surface area (Å²) < 4.78 is 1.89. The van der Waals surface area contributed by atoms with E-state index in [1.807, 2.05) is 24.3 Å². The molecular formula is C13H14Br2N4. The summed E-state index contributed by atoms with van der Waals surface area (Å²) in [6.07, 6.45) is 2.59. The Morgan fingerprint density at radius 1 is 1.05 bits per heavy atom. The molecule has 0 radical (unpaired) electrons. The molecular weight excluding hydrogens is 372 g/mol. The van der Waals surface area contributed by atoms with Crippen LogP contribution in [0.1, 0.15) is 13.3 Å². The molecule has 19 heavy (non-hydrogen) atoms. The van der Waals surface area contributed by atoms with Gasteiger partial charge in [0.2, 0.25) is 0 Å². The van der Waals surface area contributed by atoms with Crippen molar-refractivity contribution in [1.29, 1.82) is 0 Å². The van der Waals surface area contributed by atoms with E-state index in [0.29, 0.717) is 0 Å². The molecule has 0 atom stereocenters. The molecule has 4 nitrogen and oxygen atoms in total. The lowest BCUT2D eigenvalue weighted by Crippen LogP contribution is -2.05. The molecule has 1 heterocycles. The smallest absolute Gasteiger partial charge is 0.150 e. The minimum atomic E-state index is 0.746. The molecule has 0 unspecified atom stereocenters. The van der Waals surface area contributed by atoms with Crippen LogP contribution in [-0.4, -0.2) is 16.5 Å². The maximum Gasteiger partial charge on any atom is 0.150 e. The lowest BCUT2D eigenvalue weighted by molar-refractivity contribution is 0.962. The van der Waals surface area contributed by atoms with E-state index in [4.69, 9.17) is 0 Å². The first-order valence-corrected chi connectivity index (χ1v) is 7.56. The predicted molar refractivity (Wildman–Crippen MR) is 85.9 cm³/mol. The molecule has 0 saturated carbocycles. The van der Waals surface area contributed by atoms with Gasteiger partial charge in [-0.1, -0.05) is 22.9 Å². The van der Waals surface area contributed by atoms with E-state index in [2.05, 4.69) is 59.4 Å². The van der Waals surface area contributed by atoms with Crippen molar-refractivity contribution in [3.8, 4) is 0 Å². The van der Waals surface area contributed by atoms with Crippen LogP contribution in [0, 0.1) is 0 Å². The molecule has 0 aliphatic rings. The highest BCUT2D eigenvalue weighted by Gasteiger charge is 2.08. The third-order valence-electron chi connectivity index (χ3n) is 2.44. The monoisotopic (exact) mass is 384 g/mol. The summed E-state index contributed by atoms with van der Waals surface area (Å²) in [5.74, 6) is 1.55. The van der Waals surface area contributed by atoms with Crippen LogP contribution in [-0.2, 0) is 0 Å². The number of nitrogens with one attached hydrogen (secondary N) is 2. The van der Waals surface area contributed by atoms with Crippen LogP contribution < -0.4 is 10.6 Å². The third-order valence-corrected chi connectivity index (χ3v) is 3.72. The minimum Gasteiger partial charge on any atom is -0.369 e. The molecule has 0 spiro atoms. The summed E-state index contributed by atoms with van der Waals surface area (Å²) in [5, 5.41) is 6.51. The SMILES string of the molecule is CCCNc1ncnc(Nc2ccc(Br)cc2)c1Br. The molecule has 0 aliphatic carbocycles. The van der Waals surface area contributed by atoms with Crippen molar-refractivity contribution in [2.75, 3.05) is 17.2 Å². The highest BCUT2D eigenvalue weighted by molar-refractivity contribution is 9.11. The molecule has 0 saturated heterocycles. The van der Waals surface area contributed by atoms with Crippen molar-refractivity contribution in [2.24, 2.45) is 0 Å². The number of benzene rings is 1. The summed E-state index contributed by atoms with van der Waals surface area (Å²) in [6.45, 7) is 3.00. The molecule has 6 heteroatoms. The first-order valence-electron chi connectivity index (χ1n) is 5.97. The van der Waals surface area contributed by atoms with Gasteiger partial charge in [0, 0.05) is 16.7 Å². The second-order valence-electron chi connectivity index (χ2n) is 3.94. The van der Waals surface area contributed by atoms with Crippen LogP contribution in [0.3, 0.4) is 0 Å². The van der Waals surface area contributed by atoms with Gasteiger partial charge in [0.1, 0.15) is 22.4 Å². The fraction of sp³-hybridized carbons (Fsp3) is 0.231. The number of hydrogen-bond donors (Lipinski definition) is 2. The lowest BCUT2D eigenvalue weighted by Gasteiger charge is -2.11. The number of nitrogens with zero attached hydrogens (tertiary/aromatic N) is 2. The van der Waals surface area contributed by atoms with Gasteiger partial charge in [-0.2, -0.15) is 0 Å². The van der Waals surface area contributed by atoms with Gasteiger partial charge in [-0.05, 0) is 46.6 Å². The normalized spacial score (nSPS) is 10.3. The topological polar surface area (TPSA) is 49.8 Å². The Morgan fingerprint density at radius 3 is 2.42 bits per heavy atom. The summed E-state index contributed by atoms with van der Waals surface area (Å²) in [4.78, 5) is 8.46. The maximum absolute atomic E-state index is 4.24. The van der Waals surface area contributed by atoms with E-state index < -0.39 is 0 Å². The van der Waals surface area contributed by atoms with Gasteiger partial charge in [0.25, 0.3) is 0 Å². The van der Waals surface area contributed by atoms with Gasteiger partial charge in [-0.3, -0.25) is 0 Å². The molecule has 1 aromatic carbocycles. The summed E-state index contributed by atoms with van der Waals surface area (Å²) in [5.41, 5.74) is 0.976. The van der Waals surface area contributed by atoms with Gasteiger partial charge in [-0.25, -0.2) is 9.97 Å². The van der Waals surface area contributed by atoms with Gasteiger partial charge < -0.3 is 10.6 Å². The van der Waals surface area contributed by atoms with E-state index in [9.17, 15) is 0 Å². The first-order chi connectivity index (χ1) is 9.20. The Balaban J connectivity index is 2.18. The average molecular weight is 386 g/mol. The van der Waals surface area contributed by atoms with Crippen LogP contribution in [0.15, 0.2) is 39.5 Å². The molecule has 2 aromatic rings. The van der Waals surface area contributed by atoms with E-state index >= 15 is 0 Å². The quantitative estimate of drug-likeness (QED) is 0.791.